The Balaban J connectivity index is 2.17. The molecule has 0 saturated carbocycles. The molecule has 0 fully saturated rings. The number of benzene rings is 1. The highest BCUT2D eigenvalue weighted by atomic mass is 19.1. The molecule has 1 aromatic carbocycles. The minimum Gasteiger partial charge on any atom is -0.388 e. The Kier molecular flexibility index (Phi) is 3.11. The Morgan fingerprint density at radius 1 is 1.38 bits per heavy atom. The van der Waals surface area contributed by atoms with Crippen LogP contribution in [0.5, 0.6) is 0 Å². The molecule has 3 rings (SSSR count). The molecule has 21 heavy (non-hydrogen) atoms. The number of nitrogens with zero attached hydrogens (tertiary/aromatic N) is 2. The lowest BCUT2D eigenvalue weighted by Crippen LogP contribution is -2.26. The van der Waals surface area contributed by atoms with E-state index in [-0.39, 0.29) is 5.41 Å². The highest BCUT2D eigenvalue weighted by molar-refractivity contribution is 5.51. The van der Waals surface area contributed by atoms with Crippen molar-refractivity contribution >= 4 is 0 Å². The van der Waals surface area contributed by atoms with Crippen molar-refractivity contribution in [2.24, 2.45) is 5.41 Å². The third-order valence-electron chi connectivity index (χ3n) is 4.12. The summed E-state index contributed by atoms with van der Waals surface area (Å²) in [6.07, 6.45) is 2.90. The van der Waals surface area contributed by atoms with Crippen molar-refractivity contribution in [1.29, 1.82) is 5.26 Å². The van der Waals surface area contributed by atoms with Crippen LogP contribution >= 0.6 is 0 Å². The molecule has 1 unspecified atom stereocenters. The largest absolute Gasteiger partial charge is 0.388 e. The summed E-state index contributed by atoms with van der Waals surface area (Å²) in [4.78, 5) is 0. The first-order valence-corrected chi connectivity index (χ1v) is 6.99. The SMILES string of the molecule is CC1(C)Cc2c(ccn2-c2ccc(F)cc2C#N)C(O)C1. The number of hydrogen-bond acceptors (Lipinski definition) is 2. The summed E-state index contributed by atoms with van der Waals surface area (Å²) in [6.45, 7) is 4.23. The Morgan fingerprint density at radius 3 is 2.86 bits per heavy atom. The highest BCUT2D eigenvalue weighted by Crippen LogP contribution is 2.42. The molecule has 1 N–H and O–H groups in total. The number of rotatable bonds is 1. The average Bonchev–Trinajstić information content (AvgIpc) is 2.81. The molecule has 1 aliphatic rings. The maximum Gasteiger partial charge on any atom is 0.124 e. The van der Waals surface area contributed by atoms with E-state index in [1.807, 2.05) is 22.9 Å². The number of fused-ring (bicyclic) bond motifs is 1. The van der Waals surface area contributed by atoms with Gasteiger partial charge in [0, 0.05) is 17.5 Å². The first-order valence-electron chi connectivity index (χ1n) is 6.99. The number of hydrogen-bond donors (Lipinski definition) is 1. The molecule has 0 bridgehead atoms. The van der Waals surface area contributed by atoms with E-state index in [2.05, 4.69) is 13.8 Å². The van der Waals surface area contributed by atoms with Gasteiger partial charge in [-0.1, -0.05) is 13.8 Å². The maximum absolute atomic E-state index is 13.3. The average molecular weight is 284 g/mol. The van der Waals surface area contributed by atoms with Gasteiger partial charge in [-0.2, -0.15) is 5.26 Å². The van der Waals surface area contributed by atoms with Crippen molar-refractivity contribution in [2.45, 2.75) is 32.8 Å². The van der Waals surface area contributed by atoms with Gasteiger partial charge in [-0.05, 0) is 42.5 Å². The molecule has 0 radical (unpaired) electrons. The van der Waals surface area contributed by atoms with Gasteiger partial charge in [0.2, 0.25) is 0 Å². The maximum atomic E-state index is 13.3. The van der Waals surface area contributed by atoms with Crippen LogP contribution in [0.1, 0.15) is 43.2 Å². The van der Waals surface area contributed by atoms with Crippen molar-refractivity contribution in [2.75, 3.05) is 0 Å². The van der Waals surface area contributed by atoms with Gasteiger partial charge in [0.25, 0.3) is 0 Å². The monoisotopic (exact) mass is 284 g/mol. The summed E-state index contributed by atoms with van der Waals surface area (Å²) >= 11 is 0. The Hall–Kier alpha value is -2.12. The molecular formula is C17H17FN2O. The smallest absolute Gasteiger partial charge is 0.124 e. The molecule has 1 aromatic heterocycles. The zero-order valence-electron chi connectivity index (χ0n) is 12.1. The van der Waals surface area contributed by atoms with Crippen molar-refractivity contribution in [1.82, 2.24) is 4.57 Å². The van der Waals surface area contributed by atoms with Crippen LogP contribution in [0.2, 0.25) is 0 Å². The van der Waals surface area contributed by atoms with Crippen LogP contribution in [0.25, 0.3) is 5.69 Å². The summed E-state index contributed by atoms with van der Waals surface area (Å²) in [5.74, 6) is -0.420. The van der Waals surface area contributed by atoms with Gasteiger partial charge >= 0.3 is 0 Å². The standard InChI is InChI=1S/C17H17FN2O/c1-17(2)8-15-13(16(21)9-17)5-6-20(15)14-4-3-12(18)7-11(14)10-19/h3-7,16,21H,8-9H2,1-2H3. The van der Waals surface area contributed by atoms with Crippen molar-refractivity contribution in [3.8, 4) is 11.8 Å². The van der Waals surface area contributed by atoms with Crippen molar-refractivity contribution < 1.29 is 9.50 Å². The van der Waals surface area contributed by atoms with E-state index in [1.54, 1.807) is 6.07 Å². The fraction of sp³-hybridized carbons (Fsp3) is 0.353. The van der Waals surface area contributed by atoms with E-state index in [1.165, 1.54) is 12.1 Å². The Morgan fingerprint density at radius 2 is 2.14 bits per heavy atom. The van der Waals surface area contributed by atoms with Gasteiger partial charge in [-0.25, -0.2) is 4.39 Å². The highest BCUT2D eigenvalue weighted by Gasteiger charge is 2.33. The molecule has 0 aliphatic heterocycles. The lowest BCUT2D eigenvalue weighted by Gasteiger charge is -2.34. The summed E-state index contributed by atoms with van der Waals surface area (Å²) in [6, 6.07) is 8.14. The van der Waals surface area contributed by atoms with E-state index in [9.17, 15) is 14.8 Å². The lowest BCUT2D eigenvalue weighted by atomic mass is 9.75. The number of aliphatic hydroxyl groups excluding tert-OH is 1. The summed E-state index contributed by atoms with van der Waals surface area (Å²) in [7, 11) is 0. The number of aliphatic hydroxyl groups is 1. The number of aromatic nitrogens is 1. The van der Waals surface area contributed by atoms with E-state index in [4.69, 9.17) is 0 Å². The molecule has 108 valence electrons. The van der Waals surface area contributed by atoms with Crippen LogP contribution in [-0.2, 0) is 6.42 Å². The summed E-state index contributed by atoms with van der Waals surface area (Å²) in [5.41, 5.74) is 2.86. The second kappa shape index (κ2) is 4.71. The van der Waals surface area contributed by atoms with Gasteiger partial charge in [0.1, 0.15) is 11.9 Å². The van der Waals surface area contributed by atoms with Crippen LogP contribution in [0.15, 0.2) is 30.5 Å². The molecule has 1 aliphatic carbocycles. The number of halogens is 1. The minimum atomic E-state index is -0.490. The second-order valence-corrected chi connectivity index (χ2v) is 6.42. The normalized spacial score (nSPS) is 19.9. The predicted molar refractivity (Wildman–Crippen MR) is 77.5 cm³/mol. The van der Waals surface area contributed by atoms with Crippen molar-refractivity contribution in [3.63, 3.8) is 0 Å². The molecule has 4 heteroatoms. The second-order valence-electron chi connectivity index (χ2n) is 6.42. The molecular weight excluding hydrogens is 267 g/mol. The van der Waals surface area contributed by atoms with E-state index in [0.717, 1.165) is 24.1 Å². The molecule has 0 saturated heterocycles. The fourth-order valence-corrected chi connectivity index (χ4v) is 3.16. The third kappa shape index (κ3) is 2.34. The van der Waals surface area contributed by atoms with Crippen LogP contribution in [0, 0.1) is 22.6 Å². The Bertz CT molecular complexity index is 740. The fourth-order valence-electron chi connectivity index (χ4n) is 3.16. The zero-order chi connectivity index (χ0) is 15.2. The van der Waals surface area contributed by atoms with Crippen LogP contribution < -0.4 is 0 Å². The number of nitriles is 1. The first kappa shape index (κ1) is 13.8. The Labute approximate surface area is 123 Å². The van der Waals surface area contributed by atoms with Gasteiger partial charge < -0.3 is 9.67 Å². The van der Waals surface area contributed by atoms with Gasteiger partial charge in [0.15, 0.2) is 0 Å². The topological polar surface area (TPSA) is 49.0 Å². The summed E-state index contributed by atoms with van der Waals surface area (Å²) < 4.78 is 15.2. The quantitative estimate of drug-likeness (QED) is 0.871. The minimum absolute atomic E-state index is 0.00461. The molecule has 1 heterocycles. The molecule has 3 nitrogen and oxygen atoms in total. The zero-order valence-corrected chi connectivity index (χ0v) is 12.1. The van der Waals surface area contributed by atoms with Crippen LogP contribution in [0.4, 0.5) is 4.39 Å². The molecule has 2 aromatic rings. The molecule has 0 amide bonds. The van der Waals surface area contributed by atoms with Crippen LogP contribution in [-0.4, -0.2) is 9.67 Å². The van der Waals surface area contributed by atoms with Gasteiger partial charge in [0.05, 0.1) is 17.4 Å². The van der Waals surface area contributed by atoms with Crippen LogP contribution in [0.3, 0.4) is 0 Å². The van der Waals surface area contributed by atoms with E-state index < -0.39 is 11.9 Å². The third-order valence-corrected chi connectivity index (χ3v) is 4.12. The lowest BCUT2D eigenvalue weighted by molar-refractivity contribution is 0.0987. The summed E-state index contributed by atoms with van der Waals surface area (Å²) in [5, 5.41) is 19.5. The first-order chi connectivity index (χ1) is 9.91. The van der Waals surface area contributed by atoms with E-state index >= 15 is 0 Å². The predicted octanol–water partition coefficient (Wildman–Crippen LogP) is 3.49. The molecule has 0 spiro atoms. The van der Waals surface area contributed by atoms with Crippen molar-refractivity contribution in [3.05, 3.63) is 53.1 Å². The van der Waals surface area contributed by atoms with Gasteiger partial charge in [-0.3, -0.25) is 0 Å². The van der Waals surface area contributed by atoms with E-state index in [0.29, 0.717) is 11.3 Å². The molecule has 1 atom stereocenters. The van der Waals surface area contributed by atoms with Gasteiger partial charge in [-0.15, -0.1) is 0 Å².